The van der Waals surface area contributed by atoms with Gasteiger partial charge in [0, 0.05) is 31.6 Å². The van der Waals surface area contributed by atoms with Gasteiger partial charge >= 0.3 is 0 Å². The van der Waals surface area contributed by atoms with E-state index in [0.717, 1.165) is 13.1 Å². The molecule has 1 saturated carbocycles. The van der Waals surface area contributed by atoms with Crippen LogP contribution in [0.15, 0.2) is 29.4 Å². The van der Waals surface area contributed by atoms with Gasteiger partial charge in [-0.2, -0.15) is 9.98 Å². The number of nitrogens with one attached hydrogen (secondary N) is 2. The molecule has 1 aromatic carbocycles. The van der Waals surface area contributed by atoms with Crippen molar-refractivity contribution in [1.29, 1.82) is 5.26 Å². The first-order chi connectivity index (χ1) is 17.3. The predicted octanol–water partition coefficient (Wildman–Crippen LogP) is 2.11. The van der Waals surface area contributed by atoms with Crippen molar-refractivity contribution in [1.82, 2.24) is 34.8 Å². The third-order valence-corrected chi connectivity index (χ3v) is 8.78. The molecule has 3 aromatic heterocycles. The van der Waals surface area contributed by atoms with Crippen LogP contribution in [0.3, 0.4) is 0 Å². The molecule has 11 nitrogen and oxygen atoms in total. The van der Waals surface area contributed by atoms with E-state index in [1.165, 1.54) is 23.0 Å². The number of sulfonamides is 1. The van der Waals surface area contributed by atoms with Crippen LogP contribution in [0, 0.1) is 11.3 Å². The monoisotopic (exact) mass is 531 g/mol. The van der Waals surface area contributed by atoms with Gasteiger partial charge in [-0.3, -0.25) is 4.57 Å². The molecule has 0 radical (unpaired) electrons. The molecule has 36 heavy (non-hydrogen) atoms. The predicted molar refractivity (Wildman–Crippen MR) is 128 cm³/mol. The van der Waals surface area contributed by atoms with Gasteiger partial charge in [0.25, 0.3) is 6.43 Å². The van der Waals surface area contributed by atoms with Gasteiger partial charge in [0.05, 0.1) is 21.9 Å². The van der Waals surface area contributed by atoms with Gasteiger partial charge < -0.3 is 10.2 Å². The summed E-state index contributed by atoms with van der Waals surface area (Å²) < 4.78 is 56.9. The molecule has 0 unspecified atom stereocenters. The Labute approximate surface area is 207 Å². The number of piperazine rings is 1. The Morgan fingerprint density at radius 2 is 1.97 bits per heavy atom. The molecule has 15 heteroatoms. The first-order valence-corrected chi connectivity index (χ1v) is 13.4. The van der Waals surface area contributed by atoms with Crippen molar-refractivity contribution in [3.8, 4) is 11.2 Å². The quantitative estimate of drug-likeness (QED) is 0.383. The number of rotatable bonds is 6. The van der Waals surface area contributed by atoms with Crippen LogP contribution in [0.1, 0.15) is 24.3 Å². The SMILES string of the molecule is N#CC1(NS(=O)(=O)c2ccc3c4c(N5CCNCC5)ncnc4n(-c4nnc(C(F)F)s4)c3c2)CC1. The molecule has 1 saturated heterocycles. The lowest BCUT2D eigenvalue weighted by Gasteiger charge is -2.28. The number of hydrogen-bond donors (Lipinski definition) is 2. The van der Waals surface area contributed by atoms with Crippen molar-refractivity contribution in [3.05, 3.63) is 29.5 Å². The Kier molecular flexibility index (Phi) is 5.37. The normalized spacial score (nSPS) is 17.7. The number of nitriles is 1. The zero-order valence-corrected chi connectivity index (χ0v) is 20.3. The average Bonchev–Trinajstić information content (AvgIpc) is 3.32. The molecular weight excluding hydrogens is 512 g/mol. The molecule has 6 rings (SSSR count). The number of aromatic nitrogens is 5. The number of nitrogens with zero attached hydrogens (tertiary/aromatic N) is 7. The molecule has 186 valence electrons. The Bertz CT molecular complexity index is 1630. The summed E-state index contributed by atoms with van der Waals surface area (Å²) in [5.74, 6) is 0.666. The van der Waals surface area contributed by atoms with Gasteiger partial charge in [-0.05, 0) is 25.0 Å². The highest BCUT2D eigenvalue weighted by Gasteiger charge is 2.46. The Morgan fingerprint density at radius 1 is 1.19 bits per heavy atom. The smallest absolute Gasteiger partial charge is 0.291 e. The van der Waals surface area contributed by atoms with E-state index in [1.54, 1.807) is 6.07 Å². The van der Waals surface area contributed by atoms with E-state index in [4.69, 9.17) is 0 Å². The maximum atomic E-state index is 13.3. The molecule has 0 spiro atoms. The summed E-state index contributed by atoms with van der Waals surface area (Å²) in [6.07, 6.45) is -0.518. The first-order valence-electron chi connectivity index (χ1n) is 11.1. The van der Waals surface area contributed by atoms with Gasteiger partial charge in [0.15, 0.2) is 10.7 Å². The fourth-order valence-corrected chi connectivity index (χ4v) is 6.47. The largest absolute Gasteiger partial charge is 0.353 e. The molecule has 2 fully saturated rings. The van der Waals surface area contributed by atoms with Crippen molar-refractivity contribution < 1.29 is 17.2 Å². The zero-order valence-electron chi connectivity index (χ0n) is 18.6. The van der Waals surface area contributed by atoms with Gasteiger partial charge in [-0.1, -0.05) is 17.4 Å². The third-order valence-electron chi connectivity index (χ3n) is 6.33. The van der Waals surface area contributed by atoms with E-state index in [2.05, 4.69) is 35.1 Å². The molecule has 0 bridgehead atoms. The highest BCUT2D eigenvalue weighted by Crippen LogP contribution is 2.39. The molecule has 1 aliphatic heterocycles. The standard InChI is InChI=1S/C21H19F2N9O2S2/c22-16(23)19-28-29-20(35-19)32-14-9-12(36(33,34)30-21(10-24)3-4-21)1-2-13(14)15-17(26-11-27-18(15)32)31-7-5-25-6-8-31/h1-2,9,11,16,25,30H,3-8H2. The number of benzene rings is 1. The van der Waals surface area contributed by atoms with Crippen LogP contribution >= 0.6 is 11.3 Å². The minimum Gasteiger partial charge on any atom is -0.353 e. The summed E-state index contributed by atoms with van der Waals surface area (Å²) in [5, 5.41) is 21.2. The van der Waals surface area contributed by atoms with Gasteiger partial charge in [-0.25, -0.2) is 27.2 Å². The zero-order chi connectivity index (χ0) is 25.1. The molecule has 0 amide bonds. The average molecular weight is 532 g/mol. The number of alkyl halides is 2. The van der Waals surface area contributed by atoms with Crippen LogP contribution in [0.4, 0.5) is 14.6 Å². The molecule has 4 aromatic rings. The summed E-state index contributed by atoms with van der Waals surface area (Å²) in [4.78, 5) is 11.0. The van der Waals surface area contributed by atoms with E-state index in [9.17, 15) is 22.5 Å². The van der Waals surface area contributed by atoms with E-state index < -0.39 is 27.0 Å². The summed E-state index contributed by atoms with van der Waals surface area (Å²) in [7, 11) is -4.03. The lowest BCUT2D eigenvalue weighted by molar-refractivity contribution is 0.150. The lowest BCUT2D eigenvalue weighted by Crippen LogP contribution is -2.44. The summed E-state index contributed by atoms with van der Waals surface area (Å²) >= 11 is 0.705. The second-order valence-corrected chi connectivity index (χ2v) is 11.3. The topological polar surface area (TPSA) is 142 Å². The Morgan fingerprint density at radius 3 is 2.64 bits per heavy atom. The molecule has 2 N–H and O–H groups in total. The minimum absolute atomic E-state index is 0.0594. The molecule has 2 aliphatic rings. The minimum atomic E-state index is -4.03. The fraction of sp³-hybridized carbons (Fsp3) is 0.381. The molecular formula is C21H19F2N9O2S2. The van der Waals surface area contributed by atoms with Crippen LogP contribution in [-0.2, 0) is 10.0 Å². The highest BCUT2D eigenvalue weighted by molar-refractivity contribution is 7.89. The van der Waals surface area contributed by atoms with Crippen LogP contribution < -0.4 is 14.9 Å². The highest BCUT2D eigenvalue weighted by atomic mass is 32.2. The second-order valence-electron chi connectivity index (χ2n) is 8.67. The fourth-order valence-electron chi connectivity index (χ4n) is 4.36. The number of anilines is 1. The van der Waals surface area contributed by atoms with Gasteiger partial charge in [0.2, 0.25) is 15.2 Å². The van der Waals surface area contributed by atoms with Crippen LogP contribution in [0.5, 0.6) is 0 Å². The van der Waals surface area contributed by atoms with Crippen LogP contribution in [0.2, 0.25) is 0 Å². The Hall–Kier alpha value is -3.32. The first kappa shape index (κ1) is 23.1. The summed E-state index contributed by atoms with van der Waals surface area (Å²) in [5.41, 5.74) is -0.278. The van der Waals surface area contributed by atoms with Crippen molar-refractivity contribution >= 4 is 49.1 Å². The van der Waals surface area contributed by atoms with E-state index in [1.807, 2.05) is 6.07 Å². The molecule has 0 atom stereocenters. The van der Waals surface area contributed by atoms with Crippen molar-refractivity contribution in [2.24, 2.45) is 0 Å². The number of hydrogen-bond acceptors (Lipinski definition) is 10. The summed E-state index contributed by atoms with van der Waals surface area (Å²) in [6.45, 7) is 2.96. The van der Waals surface area contributed by atoms with Gasteiger partial charge in [-0.15, -0.1) is 10.2 Å². The van der Waals surface area contributed by atoms with Crippen LogP contribution in [-0.4, -0.2) is 64.9 Å². The van der Waals surface area contributed by atoms with Crippen LogP contribution in [0.25, 0.3) is 27.1 Å². The van der Waals surface area contributed by atoms with Gasteiger partial charge in [0.1, 0.15) is 17.7 Å². The van der Waals surface area contributed by atoms with E-state index in [-0.39, 0.29) is 10.0 Å². The molecule has 1 aliphatic carbocycles. The van der Waals surface area contributed by atoms with Crippen molar-refractivity contribution in [2.45, 2.75) is 29.7 Å². The maximum absolute atomic E-state index is 13.3. The lowest BCUT2D eigenvalue weighted by atomic mass is 10.2. The summed E-state index contributed by atoms with van der Waals surface area (Å²) in [6, 6.07) is 6.57. The maximum Gasteiger partial charge on any atom is 0.291 e. The van der Waals surface area contributed by atoms with Crippen molar-refractivity contribution in [2.75, 3.05) is 31.1 Å². The van der Waals surface area contributed by atoms with E-state index >= 15 is 0 Å². The van der Waals surface area contributed by atoms with E-state index in [0.29, 0.717) is 65.0 Å². The third kappa shape index (κ3) is 3.77. The Balaban J connectivity index is 1.59. The second kappa shape index (κ2) is 8.37. The number of fused-ring (bicyclic) bond motifs is 3. The number of halogens is 2. The van der Waals surface area contributed by atoms with Crippen molar-refractivity contribution in [3.63, 3.8) is 0 Å². The molecule has 4 heterocycles.